The molecule has 1 aliphatic heterocycles. The highest BCUT2D eigenvalue weighted by molar-refractivity contribution is 6.13. The number of hydrogen-bond acceptors (Lipinski definition) is 4. The van der Waals surface area contributed by atoms with Crippen LogP contribution in [0.25, 0.3) is 10.9 Å². The molecule has 0 aliphatic carbocycles. The topological polar surface area (TPSA) is 71.5 Å². The second-order valence-electron chi connectivity index (χ2n) is 6.82. The molecule has 1 saturated heterocycles. The molecule has 2 N–H and O–H groups in total. The van der Waals surface area contributed by atoms with Gasteiger partial charge in [0, 0.05) is 22.8 Å². The normalized spacial score (nSPS) is 15.5. The number of rotatable bonds is 3. The van der Waals surface area contributed by atoms with Gasteiger partial charge in [-0.3, -0.25) is 9.78 Å². The molecule has 0 saturated carbocycles. The fourth-order valence-corrected chi connectivity index (χ4v) is 3.22. The number of aromatic nitrogens is 1. The number of benzene rings is 2. The number of fused-ring (bicyclic) bond motifs is 1. The maximum Gasteiger partial charge on any atom is 0.256 e. The predicted molar refractivity (Wildman–Crippen MR) is 100 cm³/mol. The molecule has 1 aliphatic rings. The van der Waals surface area contributed by atoms with Crippen molar-refractivity contribution in [3.05, 3.63) is 70.9 Å². The number of carbonyl (C=O) groups is 1. The van der Waals surface area contributed by atoms with Crippen molar-refractivity contribution in [2.24, 2.45) is 0 Å². The number of carbonyl (C=O) groups excluding carboxylic acids is 1. The molecule has 3 aromatic rings. The Labute approximate surface area is 151 Å². The van der Waals surface area contributed by atoms with Gasteiger partial charge in [0.25, 0.3) is 5.91 Å². The van der Waals surface area contributed by atoms with E-state index in [2.05, 4.69) is 10.3 Å². The zero-order chi connectivity index (χ0) is 18.3. The lowest BCUT2D eigenvalue weighted by Crippen LogP contribution is -2.46. The largest absolute Gasteiger partial charge is 0.380 e. The summed E-state index contributed by atoms with van der Waals surface area (Å²) in [6.45, 7) is 4.61. The molecule has 5 nitrogen and oxygen atoms in total. The van der Waals surface area contributed by atoms with Gasteiger partial charge in [0.15, 0.2) is 0 Å². The van der Waals surface area contributed by atoms with E-state index in [9.17, 15) is 9.90 Å². The third kappa shape index (κ3) is 2.75. The first-order chi connectivity index (χ1) is 12.5. The molecular formula is C21H20N2O3. The van der Waals surface area contributed by atoms with Gasteiger partial charge in [0.1, 0.15) is 5.60 Å². The van der Waals surface area contributed by atoms with Gasteiger partial charge in [-0.1, -0.05) is 18.2 Å². The monoisotopic (exact) mass is 348 g/mol. The number of nitrogens with one attached hydrogen (secondary N) is 1. The molecule has 2 aromatic carbocycles. The van der Waals surface area contributed by atoms with Gasteiger partial charge >= 0.3 is 0 Å². The number of aryl methyl sites for hydroxylation is 2. The van der Waals surface area contributed by atoms with Gasteiger partial charge in [0.2, 0.25) is 0 Å². The summed E-state index contributed by atoms with van der Waals surface area (Å²) in [5, 5.41) is 14.1. The van der Waals surface area contributed by atoms with Crippen molar-refractivity contribution >= 4 is 22.5 Å². The summed E-state index contributed by atoms with van der Waals surface area (Å²) in [6, 6.07) is 12.9. The third-order valence-electron chi connectivity index (χ3n) is 5.01. The molecule has 4 rings (SSSR count). The Kier molecular flexibility index (Phi) is 3.98. The van der Waals surface area contributed by atoms with Crippen molar-refractivity contribution in [1.29, 1.82) is 0 Å². The van der Waals surface area contributed by atoms with Crippen molar-refractivity contribution in [3.63, 3.8) is 0 Å². The van der Waals surface area contributed by atoms with E-state index in [-0.39, 0.29) is 5.91 Å². The van der Waals surface area contributed by atoms with E-state index >= 15 is 0 Å². The highest BCUT2D eigenvalue weighted by atomic mass is 16.5. The summed E-state index contributed by atoms with van der Waals surface area (Å²) in [7, 11) is 0. The quantitative estimate of drug-likeness (QED) is 0.762. The second kappa shape index (κ2) is 6.20. The van der Waals surface area contributed by atoms with Crippen LogP contribution < -0.4 is 5.32 Å². The average molecular weight is 348 g/mol. The molecule has 0 unspecified atom stereocenters. The first-order valence-corrected chi connectivity index (χ1v) is 8.55. The average Bonchev–Trinajstić information content (AvgIpc) is 2.63. The van der Waals surface area contributed by atoms with E-state index in [1.807, 2.05) is 44.2 Å². The Morgan fingerprint density at radius 2 is 1.92 bits per heavy atom. The second-order valence-corrected chi connectivity index (χ2v) is 6.82. The van der Waals surface area contributed by atoms with Gasteiger partial charge in [-0.15, -0.1) is 0 Å². The maximum atomic E-state index is 12.8. The number of amides is 1. The molecule has 5 heteroatoms. The van der Waals surface area contributed by atoms with E-state index in [1.165, 1.54) is 0 Å². The van der Waals surface area contributed by atoms with Crippen LogP contribution >= 0.6 is 0 Å². The standard InChI is InChI=1S/C21H20N2O3/c1-13-10-18(17-4-3-9-22-19(17)14(13)2)20(24)23-16-7-5-15(6-8-16)21(25)11-26-12-21/h3-10,25H,11-12H2,1-2H3,(H,23,24). The first-order valence-electron chi connectivity index (χ1n) is 8.55. The summed E-state index contributed by atoms with van der Waals surface area (Å²) < 4.78 is 5.08. The van der Waals surface area contributed by atoms with E-state index < -0.39 is 5.60 Å². The van der Waals surface area contributed by atoms with E-state index in [0.29, 0.717) is 24.5 Å². The molecular weight excluding hydrogens is 328 g/mol. The molecule has 1 aromatic heterocycles. The lowest BCUT2D eigenvalue weighted by molar-refractivity contribution is -0.184. The van der Waals surface area contributed by atoms with Crippen LogP contribution in [-0.2, 0) is 10.3 Å². The van der Waals surface area contributed by atoms with Crippen LogP contribution in [0.1, 0.15) is 27.0 Å². The molecule has 0 spiro atoms. The lowest BCUT2D eigenvalue weighted by atomic mass is 9.92. The number of anilines is 1. The van der Waals surface area contributed by atoms with Gasteiger partial charge < -0.3 is 15.2 Å². The predicted octanol–water partition coefficient (Wildman–Crippen LogP) is 3.32. The molecule has 132 valence electrons. The number of ether oxygens (including phenoxy) is 1. The summed E-state index contributed by atoms with van der Waals surface area (Å²) in [5.41, 5.74) is 4.13. The number of nitrogens with zero attached hydrogens (tertiary/aromatic N) is 1. The highest BCUT2D eigenvalue weighted by Crippen LogP contribution is 2.30. The Hall–Kier alpha value is -2.76. The van der Waals surface area contributed by atoms with Crippen molar-refractivity contribution in [1.82, 2.24) is 4.98 Å². The minimum Gasteiger partial charge on any atom is -0.380 e. The van der Waals surface area contributed by atoms with E-state index in [0.717, 1.165) is 27.6 Å². The fourth-order valence-electron chi connectivity index (χ4n) is 3.22. The SMILES string of the molecule is Cc1cc(C(=O)Nc2ccc(C3(O)COC3)cc2)c2cccnc2c1C. The zero-order valence-electron chi connectivity index (χ0n) is 14.7. The van der Waals surface area contributed by atoms with Crippen LogP contribution in [0.2, 0.25) is 0 Å². The minimum absolute atomic E-state index is 0.176. The van der Waals surface area contributed by atoms with Gasteiger partial charge in [-0.05, 0) is 54.8 Å². The van der Waals surface area contributed by atoms with Crippen LogP contribution in [0.4, 0.5) is 5.69 Å². The van der Waals surface area contributed by atoms with Gasteiger partial charge in [-0.25, -0.2) is 0 Å². The molecule has 2 heterocycles. The molecule has 0 bridgehead atoms. The minimum atomic E-state index is -0.904. The van der Waals surface area contributed by atoms with Crippen molar-refractivity contribution < 1.29 is 14.6 Å². The molecule has 1 amide bonds. The Bertz CT molecular complexity index is 992. The number of aliphatic hydroxyl groups is 1. The van der Waals surface area contributed by atoms with Crippen LogP contribution in [0.5, 0.6) is 0 Å². The summed E-state index contributed by atoms with van der Waals surface area (Å²) in [4.78, 5) is 17.3. The van der Waals surface area contributed by atoms with Crippen LogP contribution in [-0.4, -0.2) is 29.2 Å². The Morgan fingerprint density at radius 1 is 1.19 bits per heavy atom. The third-order valence-corrected chi connectivity index (χ3v) is 5.01. The molecule has 0 atom stereocenters. The van der Waals surface area contributed by atoms with Crippen LogP contribution in [0.15, 0.2) is 48.7 Å². The zero-order valence-corrected chi connectivity index (χ0v) is 14.7. The van der Waals surface area contributed by atoms with E-state index in [4.69, 9.17) is 4.74 Å². The fraction of sp³-hybridized carbons (Fsp3) is 0.238. The van der Waals surface area contributed by atoms with Crippen molar-refractivity contribution in [2.75, 3.05) is 18.5 Å². The summed E-state index contributed by atoms with van der Waals surface area (Å²) in [6.07, 6.45) is 1.74. The van der Waals surface area contributed by atoms with Crippen molar-refractivity contribution in [3.8, 4) is 0 Å². The van der Waals surface area contributed by atoms with Crippen molar-refractivity contribution in [2.45, 2.75) is 19.4 Å². The molecule has 0 radical (unpaired) electrons. The maximum absolute atomic E-state index is 12.8. The lowest BCUT2D eigenvalue weighted by Gasteiger charge is -2.36. The first kappa shape index (κ1) is 16.7. The van der Waals surface area contributed by atoms with Gasteiger partial charge in [0.05, 0.1) is 18.7 Å². The molecule has 26 heavy (non-hydrogen) atoms. The summed E-state index contributed by atoms with van der Waals surface area (Å²) in [5.74, 6) is -0.176. The van der Waals surface area contributed by atoms with E-state index in [1.54, 1.807) is 18.3 Å². The number of hydrogen-bond donors (Lipinski definition) is 2. The smallest absolute Gasteiger partial charge is 0.256 e. The highest BCUT2D eigenvalue weighted by Gasteiger charge is 2.37. The Balaban J connectivity index is 1.63. The van der Waals surface area contributed by atoms with Crippen LogP contribution in [0, 0.1) is 13.8 Å². The van der Waals surface area contributed by atoms with Gasteiger partial charge in [-0.2, -0.15) is 0 Å². The number of pyridine rings is 1. The molecule has 1 fully saturated rings. The summed E-state index contributed by atoms with van der Waals surface area (Å²) >= 11 is 0. The van der Waals surface area contributed by atoms with Crippen LogP contribution in [0.3, 0.4) is 0 Å². The Morgan fingerprint density at radius 3 is 2.58 bits per heavy atom.